The fraction of sp³-hybridized carbons (Fsp3) is 0.500. The predicted molar refractivity (Wildman–Crippen MR) is 66.1 cm³/mol. The van der Waals surface area contributed by atoms with Crippen molar-refractivity contribution in [2.24, 2.45) is 23.7 Å². The summed E-state index contributed by atoms with van der Waals surface area (Å²) in [5.74, 6) is 4.74. The minimum absolute atomic E-state index is 0.849. The van der Waals surface area contributed by atoms with E-state index in [1.165, 1.54) is 19.3 Å². The van der Waals surface area contributed by atoms with Crippen LogP contribution in [0.1, 0.15) is 30.7 Å². The van der Waals surface area contributed by atoms with E-state index in [2.05, 4.69) is 42.5 Å². The van der Waals surface area contributed by atoms with E-state index in [0.717, 1.165) is 29.6 Å². The first kappa shape index (κ1) is 9.04. The van der Waals surface area contributed by atoms with Crippen LogP contribution in [0.4, 0.5) is 0 Å². The zero-order valence-corrected chi connectivity index (χ0v) is 9.55. The van der Waals surface area contributed by atoms with Crippen molar-refractivity contribution >= 4 is 0 Å². The van der Waals surface area contributed by atoms with Crippen LogP contribution in [0.3, 0.4) is 0 Å². The summed E-state index contributed by atoms with van der Waals surface area (Å²) >= 11 is 0. The summed E-state index contributed by atoms with van der Waals surface area (Å²) in [6.45, 7) is 0. The van der Waals surface area contributed by atoms with Crippen LogP contribution in [-0.4, -0.2) is 0 Å². The van der Waals surface area contributed by atoms with Crippen LogP contribution < -0.4 is 0 Å². The van der Waals surface area contributed by atoms with Crippen molar-refractivity contribution in [3.8, 4) is 0 Å². The molecular weight excluding hydrogens is 192 g/mol. The first-order valence-electron chi connectivity index (χ1n) is 6.65. The van der Waals surface area contributed by atoms with Gasteiger partial charge in [0.2, 0.25) is 0 Å². The molecule has 1 aromatic carbocycles. The van der Waals surface area contributed by atoms with E-state index in [1.807, 2.05) is 0 Å². The molecule has 0 heterocycles. The van der Waals surface area contributed by atoms with Crippen LogP contribution in [0.25, 0.3) is 0 Å². The Morgan fingerprint density at radius 1 is 0.750 bits per heavy atom. The molecule has 0 aliphatic heterocycles. The Morgan fingerprint density at radius 3 is 2.00 bits per heavy atom. The number of allylic oxidation sites excluding steroid dienone is 2. The molecule has 0 heteroatoms. The molecule has 82 valence electrons. The van der Waals surface area contributed by atoms with Gasteiger partial charge in [-0.1, -0.05) is 42.5 Å². The van der Waals surface area contributed by atoms with Gasteiger partial charge in [-0.2, -0.15) is 0 Å². The molecule has 0 spiro atoms. The average molecular weight is 210 g/mol. The van der Waals surface area contributed by atoms with Gasteiger partial charge in [-0.3, -0.25) is 0 Å². The lowest BCUT2D eigenvalue weighted by molar-refractivity contribution is 0.364. The number of hydrogen-bond acceptors (Lipinski definition) is 0. The van der Waals surface area contributed by atoms with Gasteiger partial charge in [-0.05, 0) is 54.4 Å². The van der Waals surface area contributed by atoms with Crippen molar-refractivity contribution in [1.29, 1.82) is 0 Å². The lowest BCUT2D eigenvalue weighted by Gasteiger charge is -2.19. The second-order valence-electron chi connectivity index (χ2n) is 5.86. The van der Waals surface area contributed by atoms with Crippen molar-refractivity contribution in [2.75, 3.05) is 0 Å². The highest BCUT2D eigenvalue weighted by Crippen LogP contribution is 2.59. The molecule has 0 saturated heterocycles. The second-order valence-corrected chi connectivity index (χ2v) is 5.86. The number of rotatable bonds is 1. The molecule has 0 radical (unpaired) electrons. The van der Waals surface area contributed by atoms with Gasteiger partial charge in [0.15, 0.2) is 0 Å². The summed E-state index contributed by atoms with van der Waals surface area (Å²) in [7, 11) is 0. The monoisotopic (exact) mass is 210 g/mol. The van der Waals surface area contributed by atoms with Crippen LogP contribution >= 0.6 is 0 Å². The maximum absolute atomic E-state index is 2.50. The molecule has 4 unspecified atom stereocenters. The van der Waals surface area contributed by atoms with Crippen molar-refractivity contribution in [2.45, 2.75) is 25.2 Å². The van der Waals surface area contributed by atoms with E-state index in [1.54, 1.807) is 5.56 Å². The molecule has 0 amide bonds. The summed E-state index contributed by atoms with van der Waals surface area (Å²) in [6, 6.07) is 11.2. The largest absolute Gasteiger partial charge is 0.0848 e. The van der Waals surface area contributed by atoms with Crippen LogP contribution in [0, 0.1) is 23.7 Å². The smallest absolute Gasteiger partial charge is 0.0156 e. The quantitative estimate of drug-likeness (QED) is 0.614. The summed E-state index contributed by atoms with van der Waals surface area (Å²) in [6.07, 6.45) is 9.36. The molecule has 16 heavy (non-hydrogen) atoms. The predicted octanol–water partition coefficient (Wildman–Crippen LogP) is 4.00. The van der Waals surface area contributed by atoms with E-state index >= 15 is 0 Å². The number of benzene rings is 1. The van der Waals surface area contributed by atoms with Crippen molar-refractivity contribution in [1.82, 2.24) is 0 Å². The summed E-state index contributed by atoms with van der Waals surface area (Å²) in [5.41, 5.74) is 1.58. The Bertz CT molecular complexity index is 397. The Balaban J connectivity index is 1.60. The van der Waals surface area contributed by atoms with Gasteiger partial charge in [0.05, 0.1) is 0 Å². The molecule has 2 bridgehead atoms. The van der Waals surface area contributed by atoms with Crippen LogP contribution in [0.2, 0.25) is 0 Å². The van der Waals surface area contributed by atoms with Gasteiger partial charge in [0, 0.05) is 0 Å². The van der Waals surface area contributed by atoms with Gasteiger partial charge < -0.3 is 0 Å². The minimum atomic E-state index is 0.849. The molecule has 3 aliphatic carbocycles. The van der Waals surface area contributed by atoms with Crippen LogP contribution in [0.15, 0.2) is 42.5 Å². The van der Waals surface area contributed by atoms with Gasteiger partial charge in [0.25, 0.3) is 0 Å². The number of fused-ring (bicyclic) bond motifs is 5. The van der Waals surface area contributed by atoms with Gasteiger partial charge >= 0.3 is 0 Å². The van der Waals surface area contributed by atoms with Crippen molar-refractivity contribution in [3.05, 3.63) is 48.0 Å². The molecule has 1 aromatic rings. The van der Waals surface area contributed by atoms with E-state index in [0.29, 0.717) is 0 Å². The maximum atomic E-state index is 2.50. The molecule has 2 fully saturated rings. The van der Waals surface area contributed by atoms with Crippen LogP contribution in [0.5, 0.6) is 0 Å². The summed E-state index contributed by atoms with van der Waals surface area (Å²) < 4.78 is 0. The Hall–Kier alpha value is -1.04. The summed E-state index contributed by atoms with van der Waals surface area (Å²) in [5, 5.41) is 0. The Labute approximate surface area is 97.4 Å². The second kappa shape index (κ2) is 3.23. The molecule has 4 atom stereocenters. The minimum Gasteiger partial charge on any atom is -0.0848 e. The third-order valence-corrected chi connectivity index (χ3v) is 5.18. The number of hydrogen-bond donors (Lipinski definition) is 0. The maximum Gasteiger partial charge on any atom is -0.0156 e. The van der Waals surface area contributed by atoms with E-state index in [4.69, 9.17) is 0 Å². The standard InChI is InChI=1S/C16H18/c1-2-4-11(5-3-1)14-9-15-12-6-7-13(8-12)16(15)10-14/h1-7,12-16H,8-10H2. The third kappa shape index (κ3) is 1.16. The fourth-order valence-corrected chi connectivity index (χ4v) is 4.48. The Morgan fingerprint density at radius 2 is 1.38 bits per heavy atom. The zero-order chi connectivity index (χ0) is 10.5. The van der Waals surface area contributed by atoms with E-state index in [9.17, 15) is 0 Å². The van der Waals surface area contributed by atoms with Crippen molar-refractivity contribution in [3.63, 3.8) is 0 Å². The van der Waals surface area contributed by atoms with E-state index in [-0.39, 0.29) is 0 Å². The highest BCUT2D eigenvalue weighted by atomic mass is 14.5. The van der Waals surface area contributed by atoms with Gasteiger partial charge in [-0.15, -0.1) is 0 Å². The average Bonchev–Trinajstić information content (AvgIpc) is 3.02. The molecule has 3 aliphatic rings. The van der Waals surface area contributed by atoms with Gasteiger partial charge in [0.1, 0.15) is 0 Å². The lowest BCUT2D eigenvalue weighted by atomic mass is 9.86. The first-order chi connectivity index (χ1) is 7.92. The molecule has 0 nitrogen and oxygen atoms in total. The van der Waals surface area contributed by atoms with Crippen molar-refractivity contribution < 1.29 is 0 Å². The molecule has 0 aromatic heterocycles. The topological polar surface area (TPSA) is 0 Å². The molecular formula is C16H18. The Kier molecular flexibility index (Phi) is 1.82. The highest BCUT2D eigenvalue weighted by Gasteiger charge is 2.49. The zero-order valence-electron chi connectivity index (χ0n) is 9.55. The fourth-order valence-electron chi connectivity index (χ4n) is 4.48. The highest BCUT2D eigenvalue weighted by molar-refractivity contribution is 5.25. The lowest BCUT2D eigenvalue weighted by Crippen LogP contribution is -2.12. The first-order valence-corrected chi connectivity index (χ1v) is 6.65. The normalized spacial score (nSPS) is 43.9. The molecule has 2 saturated carbocycles. The molecule has 4 rings (SSSR count). The van der Waals surface area contributed by atoms with Crippen LogP contribution in [-0.2, 0) is 0 Å². The molecule has 0 N–H and O–H groups in total. The third-order valence-electron chi connectivity index (χ3n) is 5.18. The van der Waals surface area contributed by atoms with E-state index < -0.39 is 0 Å². The van der Waals surface area contributed by atoms with Gasteiger partial charge in [-0.25, -0.2) is 0 Å². The SMILES string of the molecule is C1=CC2CC1C1CC(c3ccccc3)CC21. The summed E-state index contributed by atoms with van der Waals surface area (Å²) in [4.78, 5) is 0.